The second kappa shape index (κ2) is 1.51. The smallest absolute Gasteiger partial charge is 0.159 e. The zero-order chi connectivity index (χ0) is 6.10. The summed E-state index contributed by atoms with van der Waals surface area (Å²) in [5.74, 6) is 0. The van der Waals surface area contributed by atoms with Gasteiger partial charge in [-0.15, -0.1) is 0 Å². The maximum atomic E-state index is 3.88. The summed E-state index contributed by atoms with van der Waals surface area (Å²) >= 11 is 0. The van der Waals surface area contributed by atoms with Crippen molar-refractivity contribution in [3.8, 4) is 0 Å². The summed E-state index contributed by atoms with van der Waals surface area (Å²) in [6, 6.07) is 0. The van der Waals surface area contributed by atoms with Crippen LogP contribution in [-0.4, -0.2) is 20.2 Å². The predicted molar refractivity (Wildman–Crippen MR) is 30.5 cm³/mol. The lowest BCUT2D eigenvalue weighted by molar-refractivity contribution is 1.09. The first-order chi connectivity index (χ1) is 4.47. The number of nitrogens with one attached hydrogen (secondary N) is 1. The molecule has 2 heterocycles. The third-order valence-electron chi connectivity index (χ3n) is 1.05. The van der Waals surface area contributed by atoms with Crippen LogP contribution in [0, 0.1) is 6.20 Å². The Labute approximate surface area is 50.9 Å². The monoisotopic (exact) mass is 119 g/mol. The van der Waals surface area contributed by atoms with Gasteiger partial charge in [0, 0.05) is 0 Å². The van der Waals surface area contributed by atoms with Gasteiger partial charge in [0.25, 0.3) is 0 Å². The second-order valence-corrected chi connectivity index (χ2v) is 1.62. The van der Waals surface area contributed by atoms with E-state index in [-0.39, 0.29) is 0 Å². The van der Waals surface area contributed by atoms with Gasteiger partial charge in [-0.2, -0.15) is 5.10 Å². The zero-order valence-corrected chi connectivity index (χ0v) is 4.50. The zero-order valence-electron chi connectivity index (χ0n) is 4.50. The molecule has 9 heavy (non-hydrogen) atoms. The molecule has 0 unspecified atom stereocenters. The van der Waals surface area contributed by atoms with Crippen LogP contribution >= 0.6 is 0 Å². The number of hydrogen-bond acceptors (Lipinski definition) is 3. The van der Waals surface area contributed by atoms with Gasteiger partial charge in [-0.1, -0.05) is 0 Å². The first-order valence-corrected chi connectivity index (χ1v) is 2.48. The normalized spacial score (nSPS) is 10.2. The van der Waals surface area contributed by atoms with Crippen molar-refractivity contribution in [2.24, 2.45) is 0 Å². The van der Waals surface area contributed by atoms with Crippen LogP contribution in [0.15, 0.2) is 12.5 Å². The number of H-pyrrole nitrogens is 1. The van der Waals surface area contributed by atoms with E-state index in [1.54, 1.807) is 6.20 Å². The van der Waals surface area contributed by atoms with E-state index >= 15 is 0 Å². The van der Waals surface area contributed by atoms with Crippen molar-refractivity contribution < 1.29 is 0 Å². The maximum Gasteiger partial charge on any atom is 0.159 e. The molecular weight excluding hydrogens is 116 g/mol. The van der Waals surface area contributed by atoms with E-state index in [1.165, 1.54) is 6.33 Å². The largest absolute Gasteiger partial charge is 0.261 e. The van der Waals surface area contributed by atoms with Crippen molar-refractivity contribution in [2.45, 2.75) is 0 Å². The molecule has 0 aliphatic rings. The Bertz CT molecular complexity index is 283. The molecule has 0 fully saturated rings. The highest BCUT2D eigenvalue weighted by Crippen LogP contribution is 2.00. The molecule has 0 amide bonds. The van der Waals surface area contributed by atoms with Crippen LogP contribution in [-0.2, 0) is 0 Å². The molecule has 0 atom stereocenters. The Morgan fingerprint density at radius 1 is 1.56 bits per heavy atom. The Morgan fingerprint density at radius 3 is 3.44 bits per heavy atom. The Morgan fingerprint density at radius 2 is 2.56 bits per heavy atom. The summed E-state index contributed by atoms with van der Waals surface area (Å²) in [5, 5.41) is 7.25. The summed E-state index contributed by atoms with van der Waals surface area (Å²) in [7, 11) is 0. The van der Waals surface area contributed by atoms with E-state index in [4.69, 9.17) is 0 Å². The minimum absolute atomic E-state index is 0.727. The first-order valence-electron chi connectivity index (χ1n) is 2.48. The molecule has 0 spiro atoms. The molecule has 2 rings (SSSR count). The molecule has 0 aliphatic heterocycles. The fourth-order valence-electron chi connectivity index (χ4n) is 0.645. The van der Waals surface area contributed by atoms with Crippen LogP contribution in [0.3, 0.4) is 0 Å². The van der Waals surface area contributed by atoms with Crippen LogP contribution in [0.4, 0.5) is 0 Å². The second-order valence-electron chi connectivity index (χ2n) is 1.62. The molecule has 0 aromatic carbocycles. The standard InChI is InChI=1S/C5H3N4/c1-4-2-8-9-5(4)7-3-6-1/h2-3H,(H,6,7,8,9). The van der Waals surface area contributed by atoms with Gasteiger partial charge < -0.3 is 0 Å². The summed E-state index contributed by atoms with van der Waals surface area (Å²) in [6.07, 6.45) is 5.79. The fourth-order valence-corrected chi connectivity index (χ4v) is 0.645. The minimum Gasteiger partial charge on any atom is -0.261 e. The molecular formula is C5H3N4. The summed E-state index contributed by atoms with van der Waals surface area (Å²) in [6.45, 7) is 0. The third-order valence-corrected chi connectivity index (χ3v) is 1.05. The lowest BCUT2D eigenvalue weighted by Crippen LogP contribution is -1.76. The van der Waals surface area contributed by atoms with Crippen molar-refractivity contribution in [1.82, 2.24) is 20.2 Å². The molecule has 4 nitrogen and oxygen atoms in total. The molecule has 1 N–H and O–H groups in total. The van der Waals surface area contributed by atoms with E-state index in [2.05, 4.69) is 26.4 Å². The van der Waals surface area contributed by atoms with E-state index < -0.39 is 0 Å². The highest BCUT2D eigenvalue weighted by Gasteiger charge is 1.91. The van der Waals surface area contributed by atoms with Gasteiger partial charge in [0.1, 0.15) is 12.5 Å². The topological polar surface area (TPSA) is 54.5 Å². The van der Waals surface area contributed by atoms with Crippen LogP contribution in [0.5, 0.6) is 0 Å². The fraction of sp³-hybridized carbons (Fsp3) is 0. The average Bonchev–Trinajstić information content (AvgIpc) is 2.33. The van der Waals surface area contributed by atoms with Gasteiger partial charge >= 0.3 is 0 Å². The van der Waals surface area contributed by atoms with E-state index in [9.17, 15) is 0 Å². The lowest BCUT2D eigenvalue weighted by atomic mass is 10.5. The van der Waals surface area contributed by atoms with Gasteiger partial charge in [0.2, 0.25) is 0 Å². The highest BCUT2D eigenvalue weighted by molar-refractivity contribution is 5.70. The molecule has 0 bridgehead atoms. The summed E-state index contributed by atoms with van der Waals surface area (Å²) < 4.78 is 0. The molecule has 1 radical (unpaired) electrons. The highest BCUT2D eigenvalue weighted by atomic mass is 15.1. The molecule has 43 valence electrons. The number of nitrogens with zero attached hydrogens (tertiary/aromatic N) is 3. The minimum atomic E-state index is 0.727. The molecule has 2 aromatic rings. The van der Waals surface area contributed by atoms with E-state index in [0.29, 0.717) is 0 Å². The van der Waals surface area contributed by atoms with Gasteiger partial charge in [0.05, 0.1) is 11.6 Å². The van der Waals surface area contributed by atoms with Gasteiger partial charge in [-0.3, -0.25) is 5.10 Å². The number of rotatable bonds is 0. The lowest BCUT2D eigenvalue weighted by Gasteiger charge is -1.79. The number of hydrogen-bond donors (Lipinski definition) is 1. The van der Waals surface area contributed by atoms with Crippen molar-refractivity contribution in [1.29, 1.82) is 0 Å². The quantitative estimate of drug-likeness (QED) is 0.537. The first kappa shape index (κ1) is 4.43. The van der Waals surface area contributed by atoms with Crippen LogP contribution in [0.1, 0.15) is 0 Å². The Hall–Kier alpha value is -1.45. The van der Waals surface area contributed by atoms with Crippen LogP contribution in [0.25, 0.3) is 11.0 Å². The Balaban J connectivity index is 2.95. The van der Waals surface area contributed by atoms with Crippen LogP contribution < -0.4 is 0 Å². The molecule has 4 heteroatoms. The molecule has 0 saturated carbocycles. The van der Waals surface area contributed by atoms with Gasteiger partial charge in [0.15, 0.2) is 5.65 Å². The molecule has 0 aliphatic carbocycles. The molecule has 0 saturated heterocycles. The number of aromatic amines is 1. The maximum absolute atomic E-state index is 3.88. The van der Waals surface area contributed by atoms with Gasteiger partial charge in [-0.25, -0.2) is 9.97 Å². The Kier molecular flexibility index (Phi) is 0.745. The summed E-state index contributed by atoms with van der Waals surface area (Å²) in [4.78, 5) is 7.57. The van der Waals surface area contributed by atoms with Crippen molar-refractivity contribution >= 4 is 11.0 Å². The third kappa shape index (κ3) is 0.561. The van der Waals surface area contributed by atoms with E-state index in [0.717, 1.165) is 11.0 Å². The van der Waals surface area contributed by atoms with Crippen molar-refractivity contribution in [2.75, 3.05) is 0 Å². The van der Waals surface area contributed by atoms with E-state index in [1.807, 2.05) is 0 Å². The molecule has 2 aromatic heterocycles. The predicted octanol–water partition coefficient (Wildman–Crippen LogP) is 0.153. The number of fused-ring (bicyclic) bond motifs is 1. The number of aromatic nitrogens is 4. The van der Waals surface area contributed by atoms with Crippen molar-refractivity contribution in [3.05, 3.63) is 18.7 Å². The van der Waals surface area contributed by atoms with Gasteiger partial charge in [-0.05, 0) is 0 Å². The SMILES string of the molecule is [c]1ncnc2[nH]ncc12. The van der Waals surface area contributed by atoms with Crippen molar-refractivity contribution in [3.63, 3.8) is 0 Å². The van der Waals surface area contributed by atoms with Crippen LogP contribution in [0.2, 0.25) is 0 Å². The summed E-state index contributed by atoms with van der Waals surface area (Å²) in [5.41, 5.74) is 0.727. The average molecular weight is 119 g/mol.